The van der Waals surface area contributed by atoms with Crippen LogP contribution in [0, 0.1) is 0 Å². The lowest BCUT2D eigenvalue weighted by Crippen LogP contribution is -2.15. The monoisotopic (exact) mass is 396 g/mol. The van der Waals surface area contributed by atoms with Crippen LogP contribution in [0.5, 0.6) is 0 Å². The number of fused-ring (bicyclic) bond motifs is 1. The Balaban J connectivity index is 1.97. The number of Topliss-reactive ketones (excluding diaryl/α,β-unsaturated/α-hetero) is 1. The molecule has 0 aliphatic heterocycles. The lowest BCUT2D eigenvalue weighted by molar-refractivity contribution is -0.140. The maximum atomic E-state index is 13.3. The molecule has 0 N–H and O–H groups in total. The average molecular weight is 397 g/mol. The van der Waals surface area contributed by atoms with E-state index in [9.17, 15) is 9.59 Å². The predicted octanol–water partition coefficient (Wildman–Crippen LogP) is 5.76. The van der Waals surface area contributed by atoms with Crippen LogP contribution in [-0.4, -0.2) is 22.0 Å². The zero-order chi connectivity index (χ0) is 19.9. The van der Waals surface area contributed by atoms with Crippen LogP contribution in [-0.2, 0) is 9.63 Å². The first-order valence-corrected chi connectivity index (χ1v) is 10.4. The van der Waals surface area contributed by atoms with Crippen LogP contribution in [0.2, 0.25) is 0 Å². The Bertz CT molecular complexity index is 987. The zero-order valence-corrected chi connectivity index (χ0v) is 17.0. The Morgan fingerprint density at radius 2 is 1.93 bits per heavy atom. The molecule has 0 aliphatic carbocycles. The predicted molar refractivity (Wildman–Crippen MR) is 113 cm³/mol. The van der Waals surface area contributed by atoms with Gasteiger partial charge < -0.3 is 9.40 Å². The molecule has 28 heavy (non-hydrogen) atoms. The fourth-order valence-electron chi connectivity index (χ4n) is 3.14. The molecular formula is C22H24N2O3S. The van der Waals surface area contributed by atoms with Crippen molar-refractivity contribution >= 4 is 39.7 Å². The summed E-state index contributed by atoms with van der Waals surface area (Å²) in [6.07, 6.45) is 6.41. The quantitative estimate of drug-likeness (QED) is 0.152. The van der Waals surface area contributed by atoms with Crippen molar-refractivity contribution in [3.8, 4) is 5.00 Å². The first kappa shape index (κ1) is 20.0. The van der Waals surface area contributed by atoms with E-state index in [-0.39, 0.29) is 5.78 Å². The van der Waals surface area contributed by atoms with Gasteiger partial charge in [-0.25, -0.2) is 4.79 Å². The number of carbonyl (C=O) groups is 2. The molecule has 146 valence electrons. The maximum absolute atomic E-state index is 13.3. The summed E-state index contributed by atoms with van der Waals surface area (Å²) in [6, 6.07) is 11.8. The van der Waals surface area contributed by atoms with E-state index in [2.05, 4.69) is 12.1 Å². The van der Waals surface area contributed by atoms with Gasteiger partial charge in [0.2, 0.25) is 5.78 Å². The number of carbonyl (C=O) groups excluding carboxylic acids is 2. The van der Waals surface area contributed by atoms with E-state index >= 15 is 0 Å². The fraction of sp³-hybridized carbons (Fsp3) is 0.318. The number of thiophene rings is 1. The SMILES string of the molecule is CCCCCC/C(=N\OC(C)=O)C(=O)c1cn(-c2cccs2)c2ccccc12. The van der Waals surface area contributed by atoms with Gasteiger partial charge >= 0.3 is 5.97 Å². The summed E-state index contributed by atoms with van der Waals surface area (Å²) >= 11 is 1.61. The van der Waals surface area contributed by atoms with Crippen molar-refractivity contribution in [1.82, 2.24) is 4.57 Å². The van der Waals surface area contributed by atoms with E-state index in [1.54, 1.807) is 11.3 Å². The van der Waals surface area contributed by atoms with Gasteiger partial charge in [0.05, 0.1) is 10.5 Å². The van der Waals surface area contributed by atoms with E-state index < -0.39 is 5.97 Å². The van der Waals surface area contributed by atoms with Crippen molar-refractivity contribution in [3.05, 3.63) is 53.5 Å². The van der Waals surface area contributed by atoms with Gasteiger partial charge in [0, 0.05) is 24.1 Å². The van der Waals surface area contributed by atoms with Crippen molar-refractivity contribution in [2.24, 2.45) is 5.16 Å². The Morgan fingerprint density at radius 3 is 2.64 bits per heavy atom. The Kier molecular flexibility index (Phi) is 6.76. The van der Waals surface area contributed by atoms with Crippen LogP contribution in [0.4, 0.5) is 0 Å². The van der Waals surface area contributed by atoms with Gasteiger partial charge in [-0.3, -0.25) is 4.79 Å². The number of aromatic nitrogens is 1. The third-order valence-electron chi connectivity index (χ3n) is 4.51. The molecule has 3 rings (SSSR count). The lowest BCUT2D eigenvalue weighted by Gasteiger charge is -2.04. The van der Waals surface area contributed by atoms with Gasteiger partial charge in [-0.2, -0.15) is 0 Å². The van der Waals surface area contributed by atoms with Gasteiger partial charge in [-0.05, 0) is 36.4 Å². The molecule has 0 aliphatic rings. The number of nitrogens with zero attached hydrogens (tertiary/aromatic N) is 2. The van der Waals surface area contributed by atoms with Crippen molar-refractivity contribution in [2.45, 2.75) is 46.0 Å². The second-order valence-electron chi connectivity index (χ2n) is 6.64. The van der Waals surface area contributed by atoms with E-state index in [0.717, 1.165) is 41.6 Å². The highest BCUT2D eigenvalue weighted by Crippen LogP contribution is 2.28. The van der Waals surface area contributed by atoms with Gasteiger partial charge in [0.1, 0.15) is 5.71 Å². The standard InChI is InChI=1S/C22H24N2O3S/c1-3-4-5-6-11-19(23-27-16(2)25)22(26)18-15-24(21-13-9-14-28-21)20-12-8-7-10-17(18)20/h7-10,12-15H,3-6,11H2,1-2H3/b23-19+. The smallest absolute Gasteiger partial charge is 0.318 e. The molecule has 1 aromatic carbocycles. The lowest BCUT2D eigenvalue weighted by atomic mass is 10.0. The Morgan fingerprint density at radius 1 is 1.11 bits per heavy atom. The summed E-state index contributed by atoms with van der Waals surface area (Å²) in [5.41, 5.74) is 1.83. The van der Waals surface area contributed by atoms with Crippen LogP contribution < -0.4 is 0 Å². The van der Waals surface area contributed by atoms with Gasteiger partial charge in [-0.15, -0.1) is 11.3 Å². The minimum atomic E-state index is -0.528. The highest BCUT2D eigenvalue weighted by molar-refractivity contribution is 7.12. The van der Waals surface area contributed by atoms with E-state index in [4.69, 9.17) is 4.84 Å². The average Bonchev–Trinajstić information content (AvgIpc) is 3.34. The van der Waals surface area contributed by atoms with Gasteiger partial charge in [-0.1, -0.05) is 49.5 Å². The number of oxime groups is 1. The van der Waals surface area contributed by atoms with Crippen molar-refractivity contribution in [2.75, 3.05) is 0 Å². The van der Waals surface area contributed by atoms with Crippen molar-refractivity contribution in [1.29, 1.82) is 0 Å². The third kappa shape index (κ3) is 4.57. The summed E-state index contributed by atoms with van der Waals surface area (Å²) in [7, 11) is 0. The third-order valence-corrected chi connectivity index (χ3v) is 5.38. The normalized spacial score (nSPS) is 11.7. The molecule has 0 saturated carbocycles. The largest absolute Gasteiger partial charge is 0.331 e. The minimum Gasteiger partial charge on any atom is -0.318 e. The molecular weight excluding hydrogens is 372 g/mol. The van der Waals surface area contributed by atoms with Gasteiger partial charge in [0.25, 0.3) is 0 Å². The molecule has 0 amide bonds. The molecule has 0 saturated heterocycles. The fourth-order valence-corrected chi connectivity index (χ4v) is 3.86. The van der Waals surface area contributed by atoms with E-state index in [1.807, 2.05) is 52.5 Å². The number of ketones is 1. The molecule has 0 unspecified atom stereocenters. The topological polar surface area (TPSA) is 60.7 Å². The number of rotatable bonds is 9. The Labute approximate surface area is 168 Å². The summed E-state index contributed by atoms with van der Waals surface area (Å²) in [5.74, 6) is -0.718. The van der Waals surface area contributed by atoms with Crippen LogP contribution in [0.25, 0.3) is 15.9 Å². The summed E-state index contributed by atoms with van der Waals surface area (Å²) in [4.78, 5) is 29.3. The van der Waals surface area contributed by atoms with Crippen LogP contribution in [0.3, 0.4) is 0 Å². The van der Waals surface area contributed by atoms with Crippen molar-refractivity contribution in [3.63, 3.8) is 0 Å². The summed E-state index contributed by atoms with van der Waals surface area (Å²) in [5, 5.41) is 7.80. The molecule has 0 spiro atoms. The number of para-hydroxylation sites is 1. The summed E-state index contributed by atoms with van der Waals surface area (Å²) < 4.78 is 2.02. The molecule has 5 nitrogen and oxygen atoms in total. The molecule has 0 radical (unpaired) electrons. The second-order valence-corrected chi connectivity index (χ2v) is 7.57. The van der Waals surface area contributed by atoms with E-state index in [0.29, 0.717) is 17.7 Å². The molecule has 2 aromatic heterocycles. The number of unbranched alkanes of at least 4 members (excludes halogenated alkanes) is 3. The molecule has 3 aromatic rings. The minimum absolute atomic E-state index is 0.191. The van der Waals surface area contributed by atoms with Crippen LogP contribution in [0.15, 0.2) is 53.1 Å². The first-order valence-electron chi connectivity index (χ1n) is 9.55. The number of benzene rings is 1. The highest BCUT2D eigenvalue weighted by atomic mass is 32.1. The van der Waals surface area contributed by atoms with E-state index in [1.165, 1.54) is 6.92 Å². The number of hydrogen-bond donors (Lipinski definition) is 0. The second kappa shape index (κ2) is 9.46. The van der Waals surface area contributed by atoms with Crippen LogP contribution in [0.1, 0.15) is 56.3 Å². The highest BCUT2D eigenvalue weighted by Gasteiger charge is 2.21. The molecule has 2 heterocycles. The molecule has 0 atom stereocenters. The molecule has 6 heteroatoms. The Hall–Kier alpha value is -2.73. The molecule has 0 bridgehead atoms. The van der Waals surface area contributed by atoms with Crippen molar-refractivity contribution < 1.29 is 14.4 Å². The summed E-state index contributed by atoms with van der Waals surface area (Å²) in [6.45, 7) is 3.42. The van der Waals surface area contributed by atoms with Crippen LogP contribution >= 0.6 is 11.3 Å². The van der Waals surface area contributed by atoms with Gasteiger partial charge in [0.15, 0.2) is 0 Å². The first-order chi connectivity index (χ1) is 13.6. The molecule has 0 fully saturated rings. The maximum Gasteiger partial charge on any atom is 0.331 e. The zero-order valence-electron chi connectivity index (χ0n) is 16.2. The number of hydrogen-bond acceptors (Lipinski definition) is 5.